The molecule has 31 heavy (non-hydrogen) atoms. The van der Waals surface area contributed by atoms with Crippen molar-refractivity contribution in [2.75, 3.05) is 33.1 Å². The van der Waals surface area contributed by atoms with Gasteiger partial charge in [-0.1, -0.05) is 30.3 Å². The van der Waals surface area contributed by atoms with E-state index < -0.39 is 10.0 Å². The quantitative estimate of drug-likeness (QED) is 0.475. The van der Waals surface area contributed by atoms with Crippen molar-refractivity contribution in [2.45, 2.75) is 19.4 Å². The molecule has 0 unspecified atom stereocenters. The molecule has 0 radical (unpaired) electrons. The number of amides is 1. The summed E-state index contributed by atoms with van der Waals surface area (Å²) in [6, 6.07) is 13.3. The van der Waals surface area contributed by atoms with E-state index in [9.17, 15) is 13.2 Å². The van der Waals surface area contributed by atoms with Crippen molar-refractivity contribution >= 4 is 22.0 Å². The Morgan fingerprint density at radius 2 is 1.84 bits per heavy atom. The van der Waals surface area contributed by atoms with Crippen molar-refractivity contribution < 1.29 is 22.7 Å². The first-order valence-corrected chi connectivity index (χ1v) is 11.8. The minimum Gasteiger partial charge on any atom is -0.493 e. The molecule has 166 valence electrons. The van der Waals surface area contributed by atoms with Crippen LogP contribution in [-0.4, -0.2) is 51.7 Å². The molecule has 0 atom stereocenters. The van der Waals surface area contributed by atoms with Crippen molar-refractivity contribution in [3.63, 3.8) is 0 Å². The van der Waals surface area contributed by atoms with Gasteiger partial charge in [-0.3, -0.25) is 4.79 Å². The number of hydrogen-bond acceptors (Lipinski definition) is 5. The average molecular weight is 445 g/mol. The van der Waals surface area contributed by atoms with Crippen LogP contribution in [-0.2, 0) is 27.8 Å². The molecule has 0 bridgehead atoms. The standard InChI is InChI=1S/C23H28N2O5S/c1-29-21-10-8-18(16-22(21)30-2)9-11-23(26)24-13-5-15-31(27,28)25-14-12-19-6-3-4-7-20(19)17-25/h3-4,6-11,16H,5,12-15,17H2,1-2H3,(H,24,26)/b11-9+. The first-order valence-electron chi connectivity index (χ1n) is 10.2. The molecule has 2 aromatic rings. The maximum Gasteiger partial charge on any atom is 0.243 e. The Kier molecular flexibility index (Phi) is 7.70. The molecule has 0 aliphatic carbocycles. The van der Waals surface area contributed by atoms with Gasteiger partial charge in [-0.15, -0.1) is 0 Å². The largest absolute Gasteiger partial charge is 0.493 e. The molecule has 0 saturated heterocycles. The van der Waals surface area contributed by atoms with Gasteiger partial charge < -0.3 is 14.8 Å². The second kappa shape index (κ2) is 10.5. The van der Waals surface area contributed by atoms with Gasteiger partial charge in [-0.2, -0.15) is 4.31 Å². The van der Waals surface area contributed by atoms with Crippen LogP contribution < -0.4 is 14.8 Å². The third-order valence-electron chi connectivity index (χ3n) is 5.20. The van der Waals surface area contributed by atoms with Crippen LogP contribution in [0, 0.1) is 0 Å². The zero-order valence-corrected chi connectivity index (χ0v) is 18.7. The second-order valence-corrected chi connectivity index (χ2v) is 9.35. The van der Waals surface area contributed by atoms with E-state index in [2.05, 4.69) is 5.32 Å². The molecular formula is C23H28N2O5S. The highest BCUT2D eigenvalue weighted by Gasteiger charge is 2.25. The minimum absolute atomic E-state index is 0.00877. The third-order valence-corrected chi connectivity index (χ3v) is 7.11. The predicted molar refractivity (Wildman–Crippen MR) is 121 cm³/mol. The van der Waals surface area contributed by atoms with Crippen molar-refractivity contribution in [2.24, 2.45) is 0 Å². The molecule has 1 amide bonds. The number of nitrogens with zero attached hydrogens (tertiary/aromatic N) is 1. The van der Waals surface area contributed by atoms with Gasteiger partial charge in [0.05, 0.1) is 20.0 Å². The summed E-state index contributed by atoms with van der Waals surface area (Å²) in [5.74, 6) is 0.923. The number of carbonyl (C=O) groups excluding carboxylic acids is 1. The topological polar surface area (TPSA) is 84.9 Å². The highest BCUT2D eigenvalue weighted by molar-refractivity contribution is 7.89. The van der Waals surface area contributed by atoms with E-state index in [-0.39, 0.29) is 11.7 Å². The number of nitrogens with one attached hydrogen (secondary N) is 1. The van der Waals surface area contributed by atoms with E-state index in [0.717, 1.165) is 17.5 Å². The van der Waals surface area contributed by atoms with E-state index in [1.54, 1.807) is 32.4 Å². The molecule has 1 aliphatic heterocycles. The lowest BCUT2D eigenvalue weighted by atomic mass is 10.0. The van der Waals surface area contributed by atoms with Crippen LogP contribution in [0.25, 0.3) is 6.08 Å². The molecule has 0 fully saturated rings. The Balaban J connectivity index is 1.45. The van der Waals surface area contributed by atoms with Gasteiger partial charge in [-0.25, -0.2) is 8.42 Å². The minimum atomic E-state index is -3.36. The summed E-state index contributed by atoms with van der Waals surface area (Å²) < 4.78 is 37.3. The Morgan fingerprint density at radius 1 is 1.10 bits per heavy atom. The van der Waals surface area contributed by atoms with Crippen LogP contribution >= 0.6 is 0 Å². The van der Waals surface area contributed by atoms with Crippen LogP contribution in [0.15, 0.2) is 48.5 Å². The molecule has 0 spiro atoms. The van der Waals surface area contributed by atoms with Gasteiger partial charge in [-0.05, 0) is 47.7 Å². The number of carbonyl (C=O) groups is 1. The lowest BCUT2D eigenvalue weighted by Gasteiger charge is -2.28. The number of hydrogen-bond donors (Lipinski definition) is 1. The Hall–Kier alpha value is -2.84. The fraction of sp³-hybridized carbons (Fsp3) is 0.348. The van der Waals surface area contributed by atoms with Crippen LogP contribution in [0.3, 0.4) is 0 Å². The Bertz CT molecular complexity index is 1050. The summed E-state index contributed by atoms with van der Waals surface area (Å²) in [7, 11) is -0.244. The number of benzene rings is 2. The van der Waals surface area contributed by atoms with Crippen LogP contribution in [0.2, 0.25) is 0 Å². The normalized spacial score (nSPS) is 14.3. The highest BCUT2D eigenvalue weighted by Crippen LogP contribution is 2.28. The second-order valence-electron chi connectivity index (χ2n) is 7.26. The van der Waals surface area contributed by atoms with Crippen molar-refractivity contribution in [1.29, 1.82) is 0 Å². The van der Waals surface area contributed by atoms with Gasteiger partial charge in [0, 0.05) is 25.7 Å². The summed E-state index contributed by atoms with van der Waals surface area (Å²) in [5.41, 5.74) is 3.06. The Morgan fingerprint density at radius 3 is 2.58 bits per heavy atom. The maximum atomic E-state index is 12.6. The average Bonchev–Trinajstić information content (AvgIpc) is 2.79. The smallest absolute Gasteiger partial charge is 0.243 e. The summed E-state index contributed by atoms with van der Waals surface area (Å²) in [6.07, 6.45) is 4.17. The van der Waals surface area contributed by atoms with Gasteiger partial charge in [0.1, 0.15) is 0 Å². The first kappa shape index (κ1) is 22.8. The molecule has 1 aliphatic rings. The molecule has 3 rings (SSSR count). The van der Waals surface area contributed by atoms with Crippen LogP contribution in [0.1, 0.15) is 23.1 Å². The number of methoxy groups -OCH3 is 2. The van der Waals surface area contributed by atoms with Crippen molar-refractivity contribution in [1.82, 2.24) is 9.62 Å². The molecule has 7 nitrogen and oxygen atoms in total. The van der Waals surface area contributed by atoms with E-state index in [1.807, 2.05) is 30.3 Å². The number of rotatable bonds is 9. The number of fused-ring (bicyclic) bond motifs is 1. The predicted octanol–water partition coefficient (Wildman–Crippen LogP) is 2.61. The summed E-state index contributed by atoms with van der Waals surface area (Å²) in [4.78, 5) is 12.0. The first-order chi connectivity index (χ1) is 14.9. The monoisotopic (exact) mass is 444 g/mol. The SMILES string of the molecule is COc1ccc(/C=C/C(=O)NCCCS(=O)(=O)N2CCc3ccccc3C2)cc1OC. The van der Waals surface area contributed by atoms with Crippen molar-refractivity contribution in [3.8, 4) is 11.5 Å². The van der Waals surface area contributed by atoms with E-state index in [4.69, 9.17) is 9.47 Å². The van der Waals surface area contributed by atoms with Crippen molar-refractivity contribution in [3.05, 3.63) is 65.2 Å². The molecular weight excluding hydrogens is 416 g/mol. The molecule has 8 heteroatoms. The number of sulfonamides is 1. The maximum absolute atomic E-state index is 12.6. The van der Waals surface area contributed by atoms with Crippen LogP contribution in [0.5, 0.6) is 11.5 Å². The number of ether oxygens (including phenoxy) is 2. The Labute approximate surface area is 183 Å². The molecule has 2 aromatic carbocycles. The van der Waals surface area contributed by atoms with Gasteiger partial charge >= 0.3 is 0 Å². The zero-order chi connectivity index (χ0) is 22.3. The summed E-state index contributed by atoms with van der Waals surface area (Å²) in [5, 5.41) is 2.73. The zero-order valence-electron chi connectivity index (χ0n) is 17.8. The third kappa shape index (κ3) is 6.08. The highest BCUT2D eigenvalue weighted by atomic mass is 32.2. The fourth-order valence-electron chi connectivity index (χ4n) is 3.49. The van der Waals surface area contributed by atoms with E-state index in [0.29, 0.717) is 37.6 Å². The molecule has 0 saturated carbocycles. The van der Waals surface area contributed by atoms with Crippen LogP contribution in [0.4, 0.5) is 0 Å². The lowest BCUT2D eigenvalue weighted by Crippen LogP contribution is -2.38. The van der Waals surface area contributed by atoms with E-state index in [1.165, 1.54) is 15.9 Å². The lowest BCUT2D eigenvalue weighted by molar-refractivity contribution is -0.116. The van der Waals surface area contributed by atoms with Gasteiger partial charge in [0.2, 0.25) is 15.9 Å². The molecule has 1 N–H and O–H groups in total. The molecule has 1 heterocycles. The summed E-state index contributed by atoms with van der Waals surface area (Å²) >= 11 is 0. The van der Waals surface area contributed by atoms with Gasteiger partial charge in [0.25, 0.3) is 0 Å². The van der Waals surface area contributed by atoms with Gasteiger partial charge in [0.15, 0.2) is 11.5 Å². The van der Waals surface area contributed by atoms with E-state index >= 15 is 0 Å². The summed E-state index contributed by atoms with van der Waals surface area (Å²) in [6.45, 7) is 1.21. The fourth-order valence-corrected chi connectivity index (χ4v) is 4.96. The molecule has 0 aromatic heterocycles.